The number of carbonyl (C=O) groups is 2. The minimum atomic E-state index is -0.445. The Balaban J connectivity index is 1.92. The Morgan fingerprint density at radius 2 is 2.05 bits per heavy atom. The molecule has 0 spiro atoms. The molecule has 0 radical (unpaired) electrons. The number of nitrogens with two attached hydrogens (primary N) is 1. The minimum Gasteiger partial charge on any atom is -0.368 e. The molecule has 1 aliphatic heterocycles. The van der Waals surface area contributed by atoms with Crippen LogP contribution in [0.3, 0.4) is 0 Å². The lowest BCUT2D eigenvalue weighted by Crippen LogP contribution is -2.42. The number of likely N-dealkylation sites (tertiary alicyclic amines) is 1. The van der Waals surface area contributed by atoms with E-state index in [1.807, 2.05) is 30.3 Å². The highest BCUT2D eigenvalue weighted by Crippen LogP contribution is 2.20. The van der Waals surface area contributed by atoms with Gasteiger partial charge in [-0.2, -0.15) is 0 Å². The lowest BCUT2D eigenvalue weighted by atomic mass is 10.2. The van der Waals surface area contributed by atoms with Crippen molar-refractivity contribution in [3.8, 4) is 0 Å². The Morgan fingerprint density at radius 3 is 2.74 bits per heavy atom. The predicted molar refractivity (Wildman–Crippen MR) is 75.4 cm³/mol. The molecule has 19 heavy (non-hydrogen) atoms. The van der Waals surface area contributed by atoms with Gasteiger partial charge in [-0.15, -0.1) is 0 Å². The van der Waals surface area contributed by atoms with E-state index in [0.29, 0.717) is 13.0 Å². The maximum absolute atomic E-state index is 12.0. The number of thioether (sulfide) groups is 1. The van der Waals surface area contributed by atoms with Crippen LogP contribution in [0.2, 0.25) is 0 Å². The first-order chi connectivity index (χ1) is 9.18. The van der Waals surface area contributed by atoms with Crippen LogP contribution in [0.1, 0.15) is 12.8 Å². The molecule has 1 atom stereocenters. The van der Waals surface area contributed by atoms with Crippen molar-refractivity contribution < 1.29 is 9.59 Å². The van der Waals surface area contributed by atoms with Crippen LogP contribution in [0.4, 0.5) is 0 Å². The fourth-order valence-corrected chi connectivity index (χ4v) is 2.75. The fraction of sp³-hybridized carbons (Fsp3) is 0.286. The number of benzene rings is 1. The van der Waals surface area contributed by atoms with E-state index in [1.165, 1.54) is 17.8 Å². The summed E-state index contributed by atoms with van der Waals surface area (Å²) in [5.74, 6) is -0.570. The second kappa shape index (κ2) is 6.43. The van der Waals surface area contributed by atoms with E-state index < -0.39 is 11.9 Å². The highest BCUT2D eigenvalue weighted by atomic mass is 32.2. The summed E-state index contributed by atoms with van der Waals surface area (Å²) in [7, 11) is 0. The van der Waals surface area contributed by atoms with E-state index in [9.17, 15) is 9.59 Å². The zero-order chi connectivity index (χ0) is 13.7. The Hall–Kier alpha value is -1.75. The summed E-state index contributed by atoms with van der Waals surface area (Å²) in [6.07, 6.45) is 3.00. The van der Waals surface area contributed by atoms with Crippen LogP contribution in [0.5, 0.6) is 0 Å². The third-order valence-electron chi connectivity index (χ3n) is 3.02. The van der Waals surface area contributed by atoms with Gasteiger partial charge in [0.05, 0.1) is 0 Å². The van der Waals surface area contributed by atoms with Gasteiger partial charge in [-0.3, -0.25) is 9.59 Å². The van der Waals surface area contributed by atoms with Crippen molar-refractivity contribution >= 4 is 23.6 Å². The topological polar surface area (TPSA) is 63.4 Å². The zero-order valence-electron chi connectivity index (χ0n) is 10.5. The average molecular weight is 276 g/mol. The van der Waals surface area contributed by atoms with Crippen LogP contribution >= 0.6 is 11.8 Å². The van der Waals surface area contributed by atoms with Gasteiger partial charge in [-0.1, -0.05) is 30.0 Å². The third kappa shape index (κ3) is 3.61. The van der Waals surface area contributed by atoms with Crippen LogP contribution in [0.15, 0.2) is 46.7 Å². The summed E-state index contributed by atoms with van der Waals surface area (Å²) in [5.41, 5.74) is 5.28. The van der Waals surface area contributed by atoms with Crippen molar-refractivity contribution in [2.45, 2.75) is 23.8 Å². The standard InChI is InChI=1S/C14H16N2O2S/c15-14(18)12-7-4-9-16(12)13(17)8-10-19-11-5-2-1-3-6-11/h1-3,5-6,8,10,12H,4,7,9H2,(H2,15,18)/b10-8+. The van der Waals surface area contributed by atoms with Crippen molar-refractivity contribution in [3.63, 3.8) is 0 Å². The number of hydrogen-bond acceptors (Lipinski definition) is 3. The number of rotatable bonds is 4. The largest absolute Gasteiger partial charge is 0.368 e. The van der Waals surface area contributed by atoms with Gasteiger partial charge in [-0.05, 0) is 30.4 Å². The molecule has 1 aromatic carbocycles. The summed E-state index contributed by atoms with van der Waals surface area (Å²) in [5, 5.41) is 1.74. The molecule has 0 bridgehead atoms. The quantitative estimate of drug-likeness (QED) is 0.673. The molecule has 1 saturated heterocycles. The summed E-state index contributed by atoms with van der Waals surface area (Å²) >= 11 is 1.47. The molecular weight excluding hydrogens is 260 g/mol. The van der Waals surface area contributed by atoms with Gasteiger partial charge in [0, 0.05) is 17.5 Å². The highest BCUT2D eigenvalue weighted by Gasteiger charge is 2.31. The second-order valence-corrected chi connectivity index (χ2v) is 5.30. The predicted octanol–water partition coefficient (Wildman–Crippen LogP) is 1.77. The van der Waals surface area contributed by atoms with Gasteiger partial charge in [0.2, 0.25) is 11.8 Å². The molecule has 0 aliphatic carbocycles. The van der Waals surface area contributed by atoms with Crippen molar-refractivity contribution in [3.05, 3.63) is 41.8 Å². The maximum Gasteiger partial charge on any atom is 0.247 e. The smallest absolute Gasteiger partial charge is 0.247 e. The van der Waals surface area contributed by atoms with Crippen LogP contribution in [0.25, 0.3) is 0 Å². The number of carbonyl (C=O) groups excluding carboxylic acids is 2. The molecule has 1 unspecified atom stereocenters. The van der Waals surface area contributed by atoms with Crippen LogP contribution in [-0.2, 0) is 9.59 Å². The third-order valence-corrected chi connectivity index (χ3v) is 3.84. The van der Waals surface area contributed by atoms with Crippen LogP contribution in [-0.4, -0.2) is 29.3 Å². The molecule has 1 fully saturated rings. The monoisotopic (exact) mass is 276 g/mol. The second-order valence-electron chi connectivity index (χ2n) is 4.33. The minimum absolute atomic E-state index is 0.148. The van der Waals surface area contributed by atoms with E-state index in [1.54, 1.807) is 10.3 Å². The fourth-order valence-electron chi connectivity index (χ4n) is 2.09. The molecule has 1 heterocycles. The Bertz CT molecular complexity index is 487. The Labute approximate surface area is 116 Å². The number of nitrogens with zero attached hydrogens (tertiary/aromatic N) is 1. The van der Waals surface area contributed by atoms with Gasteiger partial charge in [0.1, 0.15) is 6.04 Å². The first kappa shape index (κ1) is 13.7. The molecule has 1 aromatic rings. The van der Waals surface area contributed by atoms with Crippen molar-refractivity contribution in [1.82, 2.24) is 4.90 Å². The molecule has 2 amide bonds. The van der Waals surface area contributed by atoms with Crippen LogP contribution in [0, 0.1) is 0 Å². The molecule has 1 aliphatic rings. The average Bonchev–Trinajstić information content (AvgIpc) is 2.89. The Morgan fingerprint density at radius 1 is 1.32 bits per heavy atom. The molecule has 100 valence electrons. The molecule has 0 aromatic heterocycles. The van der Waals surface area contributed by atoms with Gasteiger partial charge >= 0.3 is 0 Å². The molecular formula is C14H16N2O2S. The van der Waals surface area contributed by atoms with E-state index in [2.05, 4.69) is 0 Å². The van der Waals surface area contributed by atoms with Crippen LogP contribution < -0.4 is 5.73 Å². The summed E-state index contributed by atoms with van der Waals surface area (Å²) in [6.45, 7) is 0.604. The molecule has 5 heteroatoms. The van der Waals surface area contributed by atoms with Gasteiger partial charge in [0.15, 0.2) is 0 Å². The van der Waals surface area contributed by atoms with E-state index >= 15 is 0 Å². The van der Waals surface area contributed by atoms with Gasteiger partial charge < -0.3 is 10.6 Å². The Kier molecular flexibility index (Phi) is 4.63. The normalized spacial score (nSPS) is 18.9. The van der Waals surface area contributed by atoms with Gasteiger partial charge in [0.25, 0.3) is 0 Å². The highest BCUT2D eigenvalue weighted by molar-refractivity contribution is 8.02. The number of primary amides is 1. The van der Waals surface area contributed by atoms with Crippen molar-refractivity contribution in [2.75, 3.05) is 6.54 Å². The van der Waals surface area contributed by atoms with Gasteiger partial charge in [-0.25, -0.2) is 0 Å². The molecule has 0 saturated carbocycles. The molecule has 2 N–H and O–H groups in total. The van der Waals surface area contributed by atoms with Crippen molar-refractivity contribution in [2.24, 2.45) is 5.73 Å². The lowest BCUT2D eigenvalue weighted by Gasteiger charge is -2.20. The van der Waals surface area contributed by atoms with Crippen molar-refractivity contribution in [1.29, 1.82) is 0 Å². The summed E-state index contributed by atoms with van der Waals surface area (Å²) in [4.78, 5) is 25.8. The summed E-state index contributed by atoms with van der Waals surface area (Å²) in [6, 6.07) is 9.34. The van der Waals surface area contributed by atoms with E-state index in [0.717, 1.165) is 11.3 Å². The number of hydrogen-bond donors (Lipinski definition) is 1. The number of amides is 2. The zero-order valence-corrected chi connectivity index (χ0v) is 11.3. The van der Waals surface area contributed by atoms with E-state index in [-0.39, 0.29) is 5.91 Å². The molecule has 2 rings (SSSR count). The maximum atomic E-state index is 12.0. The first-order valence-electron chi connectivity index (χ1n) is 6.16. The SMILES string of the molecule is NC(=O)C1CCCN1C(=O)/C=C/Sc1ccccc1. The summed E-state index contributed by atoms with van der Waals surface area (Å²) < 4.78 is 0. The first-order valence-corrected chi connectivity index (χ1v) is 7.04. The van der Waals surface area contributed by atoms with E-state index in [4.69, 9.17) is 5.73 Å². The molecule has 4 nitrogen and oxygen atoms in total. The lowest BCUT2D eigenvalue weighted by molar-refractivity contribution is -0.133.